The molecule has 0 aromatic heterocycles. The lowest BCUT2D eigenvalue weighted by atomic mass is 10.1. The number of amides is 1. The van der Waals surface area contributed by atoms with E-state index in [1.807, 2.05) is 0 Å². The number of rotatable bonds is 5. The highest BCUT2D eigenvalue weighted by Gasteiger charge is 2.21. The summed E-state index contributed by atoms with van der Waals surface area (Å²) in [4.78, 5) is 16.1. The summed E-state index contributed by atoms with van der Waals surface area (Å²) in [5.74, 6) is -0.637. The number of anilines is 1. The zero-order chi connectivity index (χ0) is 17.0. The number of hydrogen-bond acceptors (Lipinski definition) is 4. The van der Waals surface area contributed by atoms with E-state index in [-0.39, 0.29) is 18.1 Å². The number of nitrogens with one attached hydrogen (secondary N) is 1. The first-order valence-corrected chi connectivity index (χ1v) is 7.99. The van der Waals surface area contributed by atoms with E-state index in [0.29, 0.717) is 17.8 Å². The molecule has 1 fully saturated rings. The summed E-state index contributed by atoms with van der Waals surface area (Å²) in [5, 5.41) is 2.85. The van der Waals surface area contributed by atoms with Crippen molar-refractivity contribution >= 4 is 11.6 Å². The lowest BCUT2D eigenvalue weighted by Crippen LogP contribution is -2.47. The molecule has 1 amide bonds. The van der Waals surface area contributed by atoms with Gasteiger partial charge in [0.15, 0.2) is 0 Å². The summed E-state index contributed by atoms with van der Waals surface area (Å²) in [6.45, 7) is 7.14. The van der Waals surface area contributed by atoms with E-state index in [0.717, 1.165) is 19.6 Å². The van der Waals surface area contributed by atoms with Crippen molar-refractivity contribution in [2.45, 2.75) is 26.1 Å². The maximum absolute atomic E-state index is 13.9. The fraction of sp³-hybridized carbons (Fsp3) is 0.588. The molecule has 6 heteroatoms. The van der Waals surface area contributed by atoms with Gasteiger partial charge in [0, 0.05) is 45.8 Å². The van der Waals surface area contributed by atoms with Crippen LogP contribution in [-0.4, -0.2) is 63.3 Å². The molecule has 1 aromatic rings. The second-order valence-electron chi connectivity index (χ2n) is 6.33. The predicted octanol–water partition coefficient (Wildman–Crippen LogP) is 1.73. The second kappa shape index (κ2) is 7.75. The standard InChI is InChI=1S/C17H26FN3O2/c1-12-10-21(11-13(2)23-12)8-7-19-17(22)14-5-6-16(20(3)4)15(18)9-14/h5-6,9,12-13H,7-8,10-11H2,1-4H3,(H,19,22)/t12-,13+. The van der Waals surface area contributed by atoms with Crippen molar-refractivity contribution < 1.29 is 13.9 Å². The molecule has 5 nitrogen and oxygen atoms in total. The smallest absolute Gasteiger partial charge is 0.251 e. The van der Waals surface area contributed by atoms with Crippen LogP contribution in [0.3, 0.4) is 0 Å². The van der Waals surface area contributed by atoms with Crippen LogP contribution < -0.4 is 10.2 Å². The normalized spacial score (nSPS) is 22.0. The van der Waals surface area contributed by atoms with Gasteiger partial charge in [0.2, 0.25) is 0 Å². The minimum Gasteiger partial charge on any atom is -0.375 e. The number of carbonyl (C=O) groups excluding carboxylic acids is 1. The van der Waals surface area contributed by atoms with Gasteiger partial charge in [-0.25, -0.2) is 4.39 Å². The topological polar surface area (TPSA) is 44.8 Å². The van der Waals surface area contributed by atoms with E-state index in [4.69, 9.17) is 4.74 Å². The Labute approximate surface area is 137 Å². The Kier molecular flexibility index (Phi) is 5.96. The zero-order valence-corrected chi connectivity index (χ0v) is 14.3. The first kappa shape index (κ1) is 17.7. The molecule has 2 rings (SSSR count). The Morgan fingerprint density at radius 1 is 1.35 bits per heavy atom. The number of hydrogen-bond donors (Lipinski definition) is 1. The molecule has 1 N–H and O–H groups in total. The number of carbonyl (C=O) groups is 1. The third-order valence-electron chi connectivity index (χ3n) is 3.90. The third-order valence-corrected chi connectivity index (χ3v) is 3.90. The molecular formula is C17H26FN3O2. The number of nitrogens with zero attached hydrogens (tertiary/aromatic N) is 2. The summed E-state index contributed by atoms with van der Waals surface area (Å²) in [6.07, 6.45) is 0.421. The van der Waals surface area contributed by atoms with Gasteiger partial charge in [0.1, 0.15) is 5.82 Å². The largest absolute Gasteiger partial charge is 0.375 e. The van der Waals surface area contributed by atoms with Crippen LogP contribution in [0.25, 0.3) is 0 Å². The number of morpholine rings is 1. The van der Waals surface area contributed by atoms with Crippen molar-refractivity contribution in [1.29, 1.82) is 0 Å². The highest BCUT2D eigenvalue weighted by atomic mass is 19.1. The van der Waals surface area contributed by atoms with Gasteiger partial charge in [0.05, 0.1) is 17.9 Å². The summed E-state index contributed by atoms with van der Waals surface area (Å²) in [5.41, 5.74) is 0.814. The van der Waals surface area contributed by atoms with Crippen LogP contribution in [0.1, 0.15) is 24.2 Å². The molecule has 1 aliphatic rings. The maximum Gasteiger partial charge on any atom is 0.251 e. The molecule has 1 saturated heterocycles. The quantitative estimate of drug-likeness (QED) is 0.896. The minimum absolute atomic E-state index is 0.210. The number of benzene rings is 1. The van der Waals surface area contributed by atoms with Crippen LogP contribution >= 0.6 is 0 Å². The van der Waals surface area contributed by atoms with Crippen molar-refractivity contribution in [2.24, 2.45) is 0 Å². The molecule has 0 radical (unpaired) electrons. The lowest BCUT2D eigenvalue weighted by Gasteiger charge is -2.35. The van der Waals surface area contributed by atoms with Crippen molar-refractivity contribution in [3.05, 3.63) is 29.6 Å². The molecule has 0 bridgehead atoms. The van der Waals surface area contributed by atoms with Gasteiger partial charge in [-0.1, -0.05) is 0 Å². The van der Waals surface area contributed by atoms with E-state index in [2.05, 4.69) is 24.1 Å². The van der Waals surface area contributed by atoms with Crippen molar-refractivity contribution in [1.82, 2.24) is 10.2 Å². The Balaban J connectivity index is 1.84. The lowest BCUT2D eigenvalue weighted by molar-refractivity contribution is -0.0672. The fourth-order valence-corrected chi connectivity index (χ4v) is 2.91. The Bertz CT molecular complexity index is 541. The summed E-state index contributed by atoms with van der Waals surface area (Å²) in [6, 6.07) is 4.55. The summed E-state index contributed by atoms with van der Waals surface area (Å²) < 4.78 is 19.6. The highest BCUT2D eigenvalue weighted by Crippen LogP contribution is 2.18. The first-order chi connectivity index (χ1) is 10.9. The first-order valence-electron chi connectivity index (χ1n) is 7.99. The average Bonchev–Trinajstić information content (AvgIpc) is 2.45. The van der Waals surface area contributed by atoms with Gasteiger partial charge >= 0.3 is 0 Å². The number of ether oxygens (including phenoxy) is 1. The molecule has 1 aromatic carbocycles. The minimum atomic E-state index is -0.390. The van der Waals surface area contributed by atoms with Crippen molar-refractivity contribution in [3.8, 4) is 0 Å². The molecule has 23 heavy (non-hydrogen) atoms. The van der Waals surface area contributed by atoms with E-state index >= 15 is 0 Å². The average molecular weight is 323 g/mol. The van der Waals surface area contributed by atoms with Crippen LogP contribution in [0, 0.1) is 5.82 Å². The van der Waals surface area contributed by atoms with Gasteiger partial charge in [-0.2, -0.15) is 0 Å². The zero-order valence-electron chi connectivity index (χ0n) is 14.3. The molecule has 0 unspecified atom stereocenters. The Morgan fingerprint density at radius 3 is 2.57 bits per heavy atom. The Hall–Kier alpha value is -1.66. The van der Waals surface area contributed by atoms with Crippen LogP contribution in [-0.2, 0) is 4.74 Å². The number of halogens is 1. The molecule has 128 valence electrons. The molecule has 0 saturated carbocycles. The Morgan fingerprint density at radius 2 is 2.00 bits per heavy atom. The summed E-state index contributed by atoms with van der Waals surface area (Å²) in [7, 11) is 3.53. The molecule has 1 aliphatic heterocycles. The maximum atomic E-state index is 13.9. The van der Waals surface area contributed by atoms with Gasteiger partial charge < -0.3 is 15.0 Å². The van der Waals surface area contributed by atoms with Crippen LogP contribution in [0.2, 0.25) is 0 Å². The molecule has 0 aliphatic carbocycles. The van der Waals surface area contributed by atoms with Gasteiger partial charge in [-0.05, 0) is 32.0 Å². The van der Waals surface area contributed by atoms with Gasteiger partial charge in [0.25, 0.3) is 5.91 Å². The van der Waals surface area contributed by atoms with Crippen LogP contribution in [0.4, 0.5) is 10.1 Å². The van der Waals surface area contributed by atoms with Gasteiger partial charge in [-0.3, -0.25) is 9.69 Å². The second-order valence-corrected chi connectivity index (χ2v) is 6.33. The van der Waals surface area contributed by atoms with E-state index in [9.17, 15) is 9.18 Å². The molecule has 0 spiro atoms. The van der Waals surface area contributed by atoms with Gasteiger partial charge in [-0.15, -0.1) is 0 Å². The van der Waals surface area contributed by atoms with Crippen molar-refractivity contribution in [3.63, 3.8) is 0 Å². The third kappa shape index (κ3) is 4.91. The monoisotopic (exact) mass is 323 g/mol. The summed E-state index contributed by atoms with van der Waals surface area (Å²) >= 11 is 0. The molecule has 1 heterocycles. The fourth-order valence-electron chi connectivity index (χ4n) is 2.91. The predicted molar refractivity (Wildman–Crippen MR) is 89.5 cm³/mol. The van der Waals surface area contributed by atoms with E-state index < -0.39 is 5.82 Å². The molecular weight excluding hydrogens is 297 g/mol. The van der Waals surface area contributed by atoms with E-state index in [1.165, 1.54) is 6.07 Å². The van der Waals surface area contributed by atoms with E-state index in [1.54, 1.807) is 31.1 Å². The van der Waals surface area contributed by atoms with Crippen LogP contribution in [0.15, 0.2) is 18.2 Å². The SMILES string of the molecule is C[C@@H]1CN(CCNC(=O)c2ccc(N(C)C)c(F)c2)C[C@H](C)O1. The highest BCUT2D eigenvalue weighted by molar-refractivity contribution is 5.94. The van der Waals surface area contributed by atoms with Crippen molar-refractivity contribution in [2.75, 3.05) is 45.2 Å². The van der Waals surface area contributed by atoms with Crippen LogP contribution in [0.5, 0.6) is 0 Å². The molecule has 2 atom stereocenters.